The smallest absolute Gasteiger partial charge is 0.320 e. The molecule has 1 fully saturated rings. The van der Waals surface area contributed by atoms with Gasteiger partial charge >= 0.3 is 6.03 Å². The summed E-state index contributed by atoms with van der Waals surface area (Å²) in [5.74, 6) is 0.898. The van der Waals surface area contributed by atoms with Crippen molar-refractivity contribution in [3.05, 3.63) is 42.9 Å². The first-order valence-corrected chi connectivity index (χ1v) is 9.15. The average molecular weight is 363 g/mol. The largest absolute Gasteiger partial charge is 0.335 e. The van der Waals surface area contributed by atoms with Gasteiger partial charge in [0.1, 0.15) is 5.82 Å². The molecule has 8 heteroatoms. The molecule has 0 spiro atoms. The maximum Gasteiger partial charge on any atom is 0.320 e. The Balaban J connectivity index is 1.46. The van der Waals surface area contributed by atoms with Crippen molar-refractivity contribution < 1.29 is 4.79 Å². The number of pyridine rings is 2. The van der Waals surface area contributed by atoms with E-state index in [1.54, 1.807) is 24.7 Å². The van der Waals surface area contributed by atoms with E-state index in [0.717, 1.165) is 23.9 Å². The Morgan fingerprint density at radius 1 is 1.00 bits per heavy atom. The number of rotatable bonds is 4. The van der Waals surface area contributed by atoms with Crippen LogP contribution in [0.15, 0.2) is 42.9 Å². The van der Waals surface area contributed by atoms with E-state index in [1.165, 1.54) is 19.3 Å². The molecule has 0 atom stereocenters. The van der Waals surface area contributed by atoms with Crippen molar-refractivity contribution in [3.63, 3.8) is 0 Å². The van der Waals surface area contributed by atoms with E-state index in [1.807, 2.05) is 18.2 Å². The lowest BCUT2D eigenvalue weighted by Crippen LogP contribution is -2.39. The van der Waals surface area contributed by atoms with Gasteiger partial charge in [-0.15, -0.1) is 0 Å². The van der Waals surface area contributed by atoms with Gasteiger partial charge in [-0.25, -0.2) is 14.8 Å². The van der Waals surface area contributed by atoms with E-state index in [9.17, 15) is 4.79 Å². The Bertz CT molecular complexity index is 926. The van der Waals surface area contributed by atoms with Crippen LogP contribution in [0.3, 0.4) is 0 Å². The van der Waals surface area contributed by atoms with Crippen LogP contribution in [0.1, 0.15) is 32.1 Å². The van der Waals surface area contributed by atoms with Crippen LogP contribution >= 0.6 is 0 Å². The molecule has 0 unspecified atom stereocenters. The fourth-order valence-corrected chi connectivity index (χ4v) is 3.19. The number of nitrogens with one attached hydrogen (secondary N) is 3. The molecule has 27 heavy (non-hydrogen) atoms. The van der Waals surface area contributed by atoms with Crippen LogP contribution in [0.4, 0.5) is 22.2 Å². The van der Waals surface area contributed by atoms with Crippen molar-refractivity contribution in [2.75, 3.05) is 10.6 Å². The second-order valence-electron chi connectivity index (χ2n) is 6.60. The normalized spacial score (nSPS) is 14.7. The molecule has 0 aliphatic heterocycles. The lowest BCUT2D eigenvalue weighted by Gasteiger charge is -2.22. The lowest BCUT2D eigenvalue weighted by atomic mass is 9.96. The quantitative estimate of drug-likeness (QED) is 0.654. The number of amides is 2. The van der Waals surface area contributed by atoms with Crippen LogP contribution in [-0.2, 0) is 0 Å². The molecular weight excluding hydrogens is 342 g/mol. The molecule has 3 heterocycles. The Kier molecular flexibility index (Phi) is 5.04. The molecule has 4 rings (SSSR count). The van der Waals surface area contributed by atoms with E-state index < -0.39 is 0 Å². The van der Waals surface area contributed by atoms with Crippen molar-refractivity contribution in [2.24, 2.45) is 0 Å². The molecule has 0 radical (unpaired) electrons. The van der Waals surface area contributed by atoms with Crippen molar-refractivity contribution in [2.45, 2.75) is 38.1 Å². The predicted octanol–water partition coefficient (Wildman–Crippen LogP) is 3.62. The fourth-order valence-electron chi connectivity index (χ4n) is 3.19. The summed E-state index contributed by atoms with van der Waals surface area (Å²) in [6.07, 6.45) is 10.7. The van der Waals surface area contributed by atoms with Gasteiger partial charge in [0, 0.05) is 35.7 Å². The second kappa shape index (κ2) is 7.94. The van der Waals surface area contributed by atoms with E-state index in [4.69, 9.17) is 0 Å². The van der Waals surface area contributed by atoms with Crippen LogP contribution in [0.5, 0.6) is 0 Å². The fraction of sp³-hybridized carbons (Fsp3) is 0.316. The highest BCUT2D eigenvalue weighted by molar-refractivity contribution is 5.90. The van der Waals surface area contributed by atoms with Crippen LogP contribution in [0, 0.1) is 0 Å². The standard InChI is InChI=1S/C19H21N7O/c27-19(23-14-4-2-1-3-5-14)25-16-7-6-13-12-21-18(26-17(13)24-16)22-15-8-10-20-11-9-15/h6-12,14H,1-5H2,(H3,20,21,22,23,24,25,26,27). The summed E-state index contributed by atoms with van der Waals surface area (Å²) in [5, 5.41) is 9.73. The predicted molar refractivity (Wildman–Crippen MR) is 104 cm³/mol. The first-order chi connectivity index (χ1) is 13.3. The summed E-state index contributed by atoms with van der Waals surface area (Å²) in [4.78, 5) is 29.3. The molecule has 1 aliphatic carbocycles. The number of fused-ring (bicyclic) bond motifs is 1. The molecule has 1 aliphatic rings. The summed E-state index contributed by atoms with van der Waals surface area (Å²) in [7, 11) is 0. The zero-order chi connectivity index (χ0) is 18.5. The van der Waals surface area contributed by atoms with Gasteiger partial charge in [-0.1, -0.05) is 19.3 Å². The molecular formula is C19H21N7O. The monoisotopic (exact) mass is 363 g/mol. The highest BCUT2D eigenvalue weighted by atomic mass is 16.2. The molecule has 2 amide bonds. The Morgan fingerprint density at radius 2 is 1.81 bits per heavy atom. The molecule has 8 nitrogen and oxygen atoms in total. The zero-order valence-corrected chi connectivity index (χ0v) is 14.9. The Labute approximate surface area is 156 Å². The van der Waals surface area contributed by atoms with E-state index in [2.05, 4.69) is 35.9 Å². The summed E-state index contributed by atoms with van der Waals surface area (Å²) in [6.45, 7) is 0. The van der Waals surface area contributed by atoms with Crippen LogP contribution in [0.25, 0.3) is 11.0 Å². The molecule has 3 N–H and O–H groups in total. The summed E-state index contributed by atoms with van der Waals surface area (Å²) >= 11 is 0. The van der Waals surface area contributed by atoms with E-state index >= 15 is 0 Å². The van der Waals surface area contributed by atoms with Gasteiger partial charge in [-0.2, -0.15) is 4.98 Å². The highest BCUT2D eigenvalue weighted by Crippen LogP contribution is 2.18. The van der Waals surface area contributed by atoms with Gasteiger partial charge in [-0.3, -0.25) is 10.3 Å². The molecule has 0 aromatic carbocycles. The third-order valence-corrected chi connectivity index (χ3v) is 4.56. The van der Waals surface area contributed by atoms with Gasteiger partial charge in [-0.05, 0) is 37.1 Å². The minimum atomic E-state index is -0.224. The van der Waals surface area contributed by atoms with Gasteiger partial charge < -0.3 is 10.6 Å². The number of anilines is 3. The zero-order valence-electron chi connectivity index (χ0n) is 14.9. The van der Waals surface area contributed by atoms with Gasteiger partial charge in [0.15, 0.2) is 5.65 Å². The topological polar surface area (TPSA) is 105 Å². The number of hydrogen-bond donors (Lipinski definition) is 3. The SMILES string of the molecule is O=C(Nc1ccc2cnc(Nc3ccncc3)nc2n1)NC1CCCCC1. The molecule has 3 aromatic heterocycles. The number of nitrogens with zero attached hydrogens (tertiary/aromatic N) is 4. The Morgan fingerprint density at radius 3 is 2.63 bits per heavy atom. The van der Waals surface area contributed by atoms with Crippen LogP contribution in [-0.4, -0.2) is 32.0 Å². The van der Waals surface area contributed by atoms with Crippen molar-refractivity contribution >= 4 is 34.5 Å². The van der Waals surface area contributed by atoms with Crippen molar-refractivity contribution in [1.82, 2.24) is 25.3 Å². The van der Waals surface area contributed by atoms with Gasteiger partial charge in [0.05, 0.1) is 0 Å². The summed E-state index contributed by atoms with van der Waals surface area (Å²) in [5.41, 5.74) is 1.35. The molecule has 1 saturated carbocycles. The first kappa shape index (κ1) is 17.1. The second-order valence-corrected chi connectivity index (χ2v) is 6.60. The number of carbonyl (C=O) groups is 1. The van der Waals surface area contributed by atoms with Crippen LogP contribution in [0.2, 0.25) is 0 Å². The minimum Gasteiger partial charge on any atom is -0.335 e. The lowest BCUT2D eigenvalue weighted by molar-refractivity contribution is 0.244. The molecule has 138 valence electrons. The summed E-state index contributed by atoms with van der Waals surface area (Å²) < 4.78 is 0. The third-order valence-electron chi connectivity index (χ3n) is 4.56. The minimum absolute atomic E-state index is 0.224. The van der Waals surface area contributed by atoms with Crippen molar-refractivity contribution in [3.8, 4) is 0 Å². The highest BCUT2D eigenvalue weighted by Gasteiger charge is 2.16. The molecule has 3 aromatic rings. The Hall–Kier alpha value is -3.29. The van der Waals surface area contributed by atoms with E-state index in [0.29, 0.717) is 17.4 Å². The number of hydrogen-bond acceptors (Lipinski definition) is 6. The van der Waals surface area contributed by atoms with Gasteiger partial charge in [0.2, 0.25) is 5.95 Å². The number of urea groups is 1. The summed E-state index contributed by atoms with van der Waals surface area (Å²) in [6, 6.07) is 7.27. The number of carbonyl (C=O) groups excluding carboxylic acids is 1. The maximum atomic E-state index is 12.2. The maximum absolute atomic E-state index is 12.2. The molecule has 0 saturated heterocycles. The van der Waals surface area contributed by atoms with Crippen LogP contribution < -0.4 is 16.0 Å². The first-order valence-electron chi connectivity index (χ1n) is 9.15. The third kappa shape index (κ3) is 4.46. The van der Waals surface area contributed by atoms with Gasteiger partial charge in [0.25, 0.3) is 0 Å². The van der Waals surface area contributed by atoms with Crippen molar-refractivity contribution in [1.29, 1.82) is 0 Å². The average Bonchev–Trinajstić information content (AvgIpc) is 2.69. The molecule has 0 bridgehead atoms. The number of aromatic nitrogens is 4. The van der Waals surface area contributed by atoms with E-state index in [-0.39, 0.29) is 12.1 Å².